The molecule has 2 aromatic carbocycles. The van der Waals surface area contributed by atoms with Gasteiger partial charge in [0.2, 0.25) is 0 Å². The van der Waals surface area contributed by atoms with E-state index in [9.17, 15) is 8.42 Å². The third kappa shape index (κ3) is 3.52. The lowest BCUT2D eigenvalue weighted by atomic mass is 10.1. The van der Waals surface area contributed by atoms with E-state index in [0.717, 1.165) is 11.3 Å². The van der Waals surface area contributed by atoms with Gasteiger partial charge < -0.3 is 4.57 Å². The molecule has 0 amide bonds. The van der Waals surface area contributed by atoms with Crippen LogP contribution in [0.3, 0.4) is 0 Å². The van der Waals surface area contributed by atoms with Crippen molar-refractivity contribution in [2.24, 2.45) is 5.10 Å². The number of sulfonamides is 1. The Balaban J connectivity index is 1.76. The number of hydrazone groups is 1. The third-order valence-corrected chi connectivity index (χ3v) is 4.70. The van der Waals surface area contributed by atoms with Gasteiger partial charge >= 0.3 is 0 Å². The molecule has 0 fully saturated rings. The lowest BCUT2D eigenvalue weighted by molar-refractivity contribution is 0.584. The van der Waals surface area contributed by atoms with Gasteiger partial charge in [-0.25, -0.2) is 4.98 Å². The molecule has 6 nitrogen and oxygen atoms in total. The number of hydrogen-bond donors (Lipinski definition) is 1. The lowest BCUT2D eigenvalue weighted by Gasteiger charge is -2.06. The first kappa shape index (κ1) is 15.9. The molecule has 0 atom stereocenters. The standard InChI is InChI=1S/C17H16N4O2S/c1-14(19-20-24(22,23)17-5-3-2-4-6-17)15-7-9-16(10-8-15)21-12-11-18-13-21/h2-13,20H,1H3/b19-14+. The average molecular weight is 340 g/mol. The molecule has 0 unspecified atom stereocenters. The molecule has 0 aliphatic rings. The molecule has 0 bridgehead atoms. The van der Waals surface area contributed by atoms with Gasteiger partial charge in [0.1, 0.15) is 0 Å². The number of aromatic nitrogens is 2. The summed E-state index contributed by atoms with van der Waals surface area (Å²) < 4.78 is 26.2. The van der Waals surface area contributed by atoms with Crippen LogP contribution in [0, 0.1) is 0 Å². The van der Waals surface area contributed by atoms with Crippen LogP contribution >= 0.6 is 0 Å². The Hall–Kier alpha value is -2.93. The second kappa shape index (κ2) is 6.67. The third-order valence-electron chi connectivity index (χ3n) is 3.47. The van der Waals surface area contributed by atoms with E-state index < -0.39 is 10.0 Å². The quantitative estimate of drug-likeness (QED) is 0.573. The maximum Gasteiger partial charge on any atom is 0.276 e. The SMILES string of the molecule is C/C(=N\NS(=O)(=O)c1ccccc1)c1ccc(-n2ccnc2)cc1. The highest BCUT2D eigenvalue weighted by atomic mass is 32.2. The highest BCUT2D eigenvalue weighted by molar-refractivity contribution is 7.89. The van der Waals surface area contributed by atoms with Crippen molar-refractivity contribution in [1.29, 1.82) is 0 Å². The first-order valence-electron chi connectivity index (χ1n) is 7.26. The van der Waals surface area contributed by atoms with E-state index in [1.54, 1.807) is 37.6 Å². The first-order chi connectivity index (χ1) is 11.6. The van der Waals surface area contributed by atoms with Gasteiger partial charge in [0, 0.05) is 18.1 Å². The van der Waals surface area contributed by atoms with Crippen molar-refractivity contribution in [2.75, 3.05) is 0 Å². The van der Waals surface area contributed by atoms with Crippen LogP contribution in [0.1, 0.15) is 12.5 Å². The Morgan fingerprint density at radius 3 is 2.42 bits per heavy atom. The fourth-order valence-electron chi connectivity index (χ4n) is 2.13. The van der Waals surface area contributed by atoms with Crippen molar-refractivity contribution in [3.63, 3.8) is 0 Å². The molecule has 0 saturated heterocycles. The number of nitrogens with one attached hydrogen (secondary N) is 1. The summed E-state index contributed by atoms with van der Waals surface area (Å²) >= 11 is 0. The van der Waals surface area contributed by atoms with Gasteiger partial charge in [-0.2, -0.15) is 18.4 Å². The minimum absolute atomic E-state index is 0.178. The summed E-state index contributed by atoms with van der Waals surface area (Å²) in [5.74, 6) is 0. The van der Waals surface area contributed by atoms with Crippen molar-refractivity contribution in [2.45, 2.75) is 11.8 Å². The Bertz CT molecular complexity index is 932. The number of nitrogens with zero attached hydrogens (tertiary/aromatic N) is 3. The van der Waals surface area contributed by atoms with Crippen LogP contribution < -0.4 is 4.83 Å². The zero-order chi connectivity index (χ0) is 17.0. The summed E-state index contributed by atoms with van der Waals surface area (Å²) in [5.41, 5.74) is 2.37. The summed E-state index contributed by atoms with van der Waals surface area (Å²) in [6.45, 7) is 1.75. The fourth-order valence-corrected chi connectivity index (χ4v) is 3.01. The number of benzene rings is 2. The molecule has 122 valence electrons. The van der Waals surface area contributed by atoms with Crippen LogP contribution in [-0.2, 0) is 10.0 Å². The van der Waals surface area contributed by atoms with Crippen LogP contribution in [0.15, 0.2) is 83.3 Å². The number of hydrogen-bond acceptors (Lipinski definition) is 4. The Kier molecular flexibility index (Phi) is 4.43. The number of rotatable bonds is 5. The average Bonchev–Trinajstić information content (AvgIpc) is 3.15. The van der Waals surface area contributed by atoms with Gasteiger partial charge in [-0.05, 0) is 36.8 Å². The predicted molar refractivity (Wildman–Crippen MR) is 92.5 cm³/mol. The van der Waals surface area contributed by atoms with Crippen molar-refractivity contribution >= 4 is 15.7 Å². The van der Waals surface area contributed by atoms with E-state index in [0.29, 0.717) is 5.71 Å². The molecule has 3 aromatic rings. The Morgan fingerprint density at radius 2 is 1.79 bits per heavy atom. The molecule has 3 rings (SSSR count). The van der Waals surface area contributed by atoms with Crippen LogP contribution in [0.4, 0.5) is 0 Å². The molecule has 1 aromatic heterocycles. The van der Waals surface area contributed by atoms with Gasteiger partial charge in [-0.1, -0.05) is 30.3 Å². The zero-order valence-corrected chi connectivity index (χ0v) is 13.8. The second-order valence-corrected chi connectivity index (χ2v) is 6.78. The van der Waals surface area contributed by atoms with Crippen molar-refractivity contribution in [3.05, 3.63) is 78.9 Å². The minimum Gasteiger partial charge on any atom is -0.306 e. The summed E-state index contributed by atoms with van der Waals surface area (Å²) in [7, 11) is -3.66. The summed E-state index contributed by atoms with van der Waals surface area (Å²) in [6.07, 6.45) is 5.27. The summed E-state index contributed by atoms with van der Waals surface area (Å²) in [5, 5.41) is 3.99. The molecule has 0 aliphatic heterocycles. The van der Waals surface area contributed by atoms with E-state index in [1.807, 2.05) is 35.0 Å². The smallest absolute Gasteiger partial charge is 0.276 e. The van der Waals surface area contributed by atoms with Crippen LogP contribution in [0.2, 0.25) is 0 Å². The predicted octanol–water partition coefficient (Wildman–Crippen LogP) is 2.57. The molecular weight excluding hydrogens is 324 g/mol. The van der Waals surface area contributed by atoms with E-state index in [1.165, 1.54) is 12.1 Å². The van der Waals surface area contributed by atoms with Crippen LogP contribution in [0.25, 0.3) is 5.69 Å². The molecule has 0 aliphatic carbocycles. The summed E-state index contributed by atoms with van der Waals surface area (Å²) in [6, 6.07) is 15.7. The molecule has 0 saturated carbocycles. The molecular formula is C17H16N4O2S. The highest BCUT2D eigenvalue weighted by Crippen LogP contribution is 2.11. The van der Waals surface area contributed by atoms with E-state index in [-0.39, 0.29) is 4.90 Å². The fraction of sp³-hybridized carbons (Fsp3) is 0.0588. The van der Waals surface area contributed by atoms with Crippen LogP contribution in [0.5, 0.6) is 0 Å². The largest absolute Gasteiger partial charge is 0.306 e. The maximum atomic E-state index is 12.1. The first-order valence-corrected chi connectivity index (χ1v) is 8.74. The van der Waals surface area contributed by atoms with Gasteiger partial charge in [-0.15, -0.1) is 0 Å². The lowest BCUT2D eigenvalue weighted by Crippen LogP contribution is -2.19. The van der Waals surface area contributed by atoms with Crippen molar-refractivity contribution in [3.8, 4) is 5.69 Å². The Morgan fingerprint density at radius 1 is 1.08 bits per heavy atom. The van der Waals surface area contributed by atoms with Crippen molar-refractivity contribution in [1.82, 2.24) is 14.4 Å². The van der Waals surface area contributed by atoms with Gasteiger partial charge in [0.25, 0.3) is 10.0 Å². The number of imidazole rings is 1. The molecule has 0 radical (unpaired) electrons. The van der Waals surface area contributed by atoms with E-state index in [4.69, 9.17) is 0 Å². The summed E-state index contributed by atoms with van der Waals surface area (Å²) in [4.78, 5) is 6.44. The normalized spacial score (nSPS) is 12.1. The van der Waals surface area contributed by atoms with Crippen molar-refractivity contribution < 1.29 is 8.42 Å². The highest BCUT2D eigenvalue weighted by Gasteiger charge is 2.12. The molecule has 24 heavy (non-hydrogen) atoms. The topological polar surface area (TPSA) is 76.3 Å². The van der Waals surface area contributed by atoms with Gasteiger partial charge in [0.15, 0.2) is 0 Å². The minimum atomic E-state index is -3.66. The van der Waals surface area contributed by atoms with Gasteiger partial charge in [0.05, 0.1) is 16.9 Å². The molecule has 1 heterocycles. The molecule has 0 spiro atoms. The molecule has 1 N–H and O–H groups in total. The van der Waals surface area contributed by atoms with E-state index >= 15 is 0 Å². The zero-order valence-electron chi connectivity index (χ0n) is 13.0. The van der Waals surface area contributed by atoms with Crippen LogP contribution in [-0.4, -0.2) is 23.7 Å². The maximum absolute atomic E-state index is 12.1. The Labute approximate surface area is 140 Å². The second-order valence-electron chi connectivity index (χ2n) is 5.12. The van der Waals surface area contributed by atoms with E-state index in [2.05, 4.69) is 14.9 Å². The van der Waals surface area contributed by atoms with Gasteiger partial charge in [-0.3, -0.25) is 0 Å². The molecule has 7 heteroatoms. The monoisotopic (exact) mass is 340 g/mol.